The second-order valence-corrected chi connectivity index (χ2v) is 6.20. The van der Waals surface area contributed by atoms with Gasteiger partial charge in [-0.25, -0.2) is 0 Å². The fourth-order valence-electron chi connectivity index (χ4n) is 2.84. The highest BCUT2D eigenvalue weighted by Gasteiger charge is 2.23. The summed E-state index contributed by atoms with van der Waals surface area (Å²) < 4.78 is 11.7. The average Bonchev–Trinajstić information content (AvgIpc) is 2.63. The SMILES string of the molecule is CCOc1ccccc1OC1CCN(CC(=O)N(C)CCC#N)CC1. The van der Waals surface area contributed by atoms with Crippen LogP contribution in [0.3, 0.4) is 0 Å². The highest BCUT2D eigenvalue weighted by molar-refractivity contribution is 5.78. The first kappa shape index (κ1) is 19.1. The van der Waals surface area contributed by atoms with E-state index in [1.165, 1.54) is 0 Å². The summed E-state index contributed by atoms with van der Waals surface area (Å²) in [4.78, 5) is 15.9. The summed E-state index contributed by atoms with van der Waals surface area (Å²) in [7, 11) is 1.75. The van der Waals surface area contributed by atoms with Crippen LogP contribution in [0.1, 0.15) is 26.2 Å². The molecular formula is C19H27N3O3. The molecular weight excluding hydrogens is 318 g/mol. The molecule has 136 valence electrons. The predicted octanol–water partition coefficient (Wildman–Crippen LogP) is 2.30. The maximum atomic E-state index is 12.1. The molecule has 1 aromatic carbocycles. The molecule has 1 amide bonds. The number of rotatable bonds is 8. The summed E-state index contributed by atoms with van der Waals surface area (Å²) in [5.74, 6) is 1.63. The van der Waals surface area contributed by atoms with Gasteiger partial charge >= 0.3 is 0 Å². The number of nitrogens with zero attached hydrogens (tertiary/aromatic N) is 3. The van der Waals surface area contributed by atoms with Crippen LogP contribution in [-0.2, 0) is 4.79 Å². The number of para-hydroxylation sites is 2. The molecule has 0 saturated carbocycles. The van der Waals surface area contributed by atoms with Crippen LogP contribution in [0.5, 0.6) is 11.5 Å². The number of likely N-dealkylation sites (tertiary alicyclic amines) is 1. The van der Waals surface area contributed by atoms with Gasteiger partial charge in [0.25, 0.3) is 0 Å². The highest BCUT2D eigenvalue weighted by atomic mass is 16.5. The van der Waals surface area contributed by atoms with Crippen LogP contribution in [0, 0.1) is 11.3 Å². The number of hydrogen-bond donors (Lipinski definition) is 0. The van der Waals surface area contributed by atoms with Gasteiger partial charge < -0.3 is 14.4 Å². The number of benzene rings is 1. The molecule has 0 bridgehead atoms. The van der Waals surface area contributed by atoms with Crippen molar-refractivity contribution in [2.45, 2.75) is 32.3 Å². The van der Waals surface area contributed by atoms with Crippen molar-refractivity contribution in [2.75, 3.05) is 39.8 Å². The zero-order chi connectivity index (χ0) is 18.1. The lowest BCUT2D eigenvalue weighted by Gasteiger charge is -2.32. The molecule has 0 aromatic heterocycles. The Kier molecular flexibility index (Phi) is 7.55. The molecule has 0 spiro atoms. The summed E-state index contributed by atoms with van der Waals surface area (Å²) in [5.41, 5.74) is 0. The lowest BCUT2D eigenvalue weighted by Crippen LogP contribution is -2.44. The van der Waals surface area contributed by atoms with E-state index >= 15 is 0 Å². The van der Waals surface area contributed by atoms with Gasteiger partial charge in [-0.15, -0.1) is 0 Å². The normalized spacial score (nSPS) is 15.4. The molecule has 1 heterocycles. The van der Waals surface area contributed by atoms with E-state index in [0.717, 1.165) is 37.4 Å². The summed E-state index contributed by atoms with van der Waals surface area (Å²) in [6.45, 7) is 5.13. The van der Waals surface area contributed by atoms with Gasteiger partial charge in [0.15, 0.2) is 11.5 Å². The molecule has 2 rings (SSSR count). The zero-order valence-electron chi connectivity index (χ0n) is 15.1. The minimum atomic E-state index is 0.0660. The molecule has 1 aliphatic heterocycles. The zero-order valence-corrected chi connectivity index (χ0v) is 15.1. The molecule has 0 N–H and O–H groups in total. The maximum Gasteiger partial charge on any atom is 0.236 e. The molecule has 0 unspecified atom stereocenters. The van der Waals surface area contributed by atoms with Crippen LogP contribution in [0.15, 0.2) is 24.3 Å². The molecule has 6 heteroatoms. The molecule has 0 radical (unpaired) electrons. The van der Waals surface area contributed by atoms with Gasteiger partial charge in [0.05, 0.1) is 25.6 Å². The number of carbonyl (C=O) groups is 1. The van der Waals surface area contributed by atoms with Gasteiger partial charge in [-0.2, -0.15) is 5.26 Å². The summed E-state index contributed by atoms with van der Waals surface area (Å²) in [5, 5.41) is 8.60. The molecule has 1 fully saturated rings. The number of amides is 1. The molecule has 1 aliphatic rings. The van der Waals surface area contributed by atoms with Gasteiger partial charge in [0.2, 0.25) is 5.91 Å². The van der Waals surface area contributed by atoms with Crippen LogP contribution in [-0.4, -0.2) is 61.6 Å². The van der Waals surface area contributed by atoms with E-state index in [0.29, 0.717) is 26.1 Å². The van der Waals surface area contributed by atoms with Gasteiger partial charge in [-0.3, -0.25) is 9.69 Å². The van der Waals surface area contributed by atoms with E-state index in [1.807, 2.05) is 31.2 Å². The lowest BCUT2D eigenvalue weighted by molar-refractivity contribution is -0.131. The third-order valence-electron chi connectivity index (χ3n) is 4.32. The number of nitriles is 1. The van der Waals surface area contributed by atoms with Crippen molar-refractivity contribution < 1.29 is 14.3 Å². The fraction of sp³-hybridized carbons (Fsp3) is 0.579. The smallest absolute Gasteiger partial charge is 0.236 e. The summed E-state index contributed by atoms with van der Waals surface area (Å²) in [6, 6.07) is 9.81. The van der Waals surface area contributed by atoms with Crippen molar-refractivity contribution in [2.24, 2.45) is 0 Å². The van der Waals surface area contributed by atoms with Crippen molar-refractivity contribution in [1.29, 1.82) is 5.26 Å². The van der Waals surface area contributed by atoms with Crippen LogP contribution >= 0.6 is 0 Å². The van der Waals surface area contributed by atoms with E-state index in [4.69, 9.17) is 14.7 Å². The van der Waals surface area contributed by atoms with Gasteiger partial charge in [-0.1, -0.05) is 12.1 Å². The molecule has 0 aliphatic carbocycles. The lowest BCUT2D eigenvalue weighted by atomic mass is 10.1. The summed E-state index contributed by atoms with van der Waals surface area (Å²) >= 11 is 0. The Morgan fingerprint density at radius 2 is 2.00 bits per heavy atom. The standard InChI is InChI=1S/C19H27N3O3/c1-3-24-17-7-4-5-8-18(17)25-16-9-13-22(14-10-16)15-19(23)21(2)12-6-11-20/h4-5,7-8,16H,3,6,9-10,12-15H2,1-2H3. The van der Waals surface area contributed by atoms with E-state index < -0.39 is 0 Å². The topological polar surface area (TPSA) is 65.8 Å². The second-order valence-electron chi connectivity index (χ2n) is 6.20. The Morgan fingerprint density at radius 3 is 2.64 bits per heavy atom. The van der Waals surface area contributed by atoms with Crippen LogP contribution in [0.25, 0.3) is 0 Å². The quantitative estimate of drug-likeness (QED) is 0.723. The van der Waals surface area contributed by atoms with Gasteiger partial charge in [0.1, 0.15) is 6.10 Å². The first-order chi connectivity index (χ1) is 12.1. The third kappa shape index (κ3) is 5.95. The Balaban J connectivity index is 1.78. The summed E-state index contributed by atoms with van der Waals surface area (Å²) in [6.07, 6.45) is 2.28. The number of likely N-dealkylation sites (N-methyl/N-ethyl adjacent to an activating group) is 1. The van der Waals surface area contributed by atoms with Crippen LogP contribution in [0.2, 0.25) is 0 Å². The second kappa shape index (κ2) is 9.90. The van der Waals surface area contributed by atoms with Crippen molar-refractivity contribution in [3.63, 3.8) is 0 Å². The fourth-order valence-corrected chi connectivity index (χ4v) is 2.84. The minimum absolute atomic E-state index is 0.0660. The van der Waals surface area contributed by atoms with E-state index in [9.17, 15) is 4.79 Å². The maximum absolute atomic E-state index is 12.1. The molecule has 1 saturated heterocycles. The molecule has 25 heavy (non-hydrogen) atoms. The Bertz CT molecular complexity index is 592. The molecule has 0 atom stereocenters. The molecule has 6 nitrogen and oxygen atoms in total. The third-order valence-corrected chi connectivity index (χ3v) is 4.32. The van der Waals surface area contributed by atoms with Crippen molar-refractivity contribution in [3.05, 3.63) is 24.3 Å². The Labute approximate surface area is 149 Å². The minimum Gasteiger partial charge on any atom is -0.490 e. The monoisotopic (exact) mass is 345 g/mol. The number of hydrogen-bond acceptors (Lipinski definition) is 5. The largest absolute Gasteiger partial charge is 0.490 e. The highest BCUT2D eigenvalue weighted by Crippen LogP contribution is 2.29. The van der Waals surface area contributed by atoms with E-state index in [-0.39, 0.29) is 12.0 Å². The van der Waals surface area contributed by atoms with Crippen molar-refractivity contribution in [1.82, 2.24) is 9.80 Å². The molecule has 1 aromatic rings. The van der Waals surface area contributed by atoms with Gasteiger partial charge in [-0.05, 0) is 31.9 Å². The van der Waals surface area contributed by atoms with Crippen LogP contribution in [0.4, 0.5) is 0 Å². The number of carbonyl (C=O) groups excluding carboxylic acids is 1. The first-order valence-corrected chi connectivity index (χ1v) is 8.85. The van der Waals surface area contributed by atoms with Crippen molar-refractivity contribution >= 4 is 5.91 Å². The first-order valence-electron chi connectivity index (χ1n) is 8.85. The number of piperidine rings is 1. The van der Waals surface area contributed by atoms with Crippen molar-refractivity contribution in [3.8, 4) is 17.6 Å². The predicted molar refractivity (Wildman–Crippen MR) is 95.6 cm³/mol. The van der Waals surface area contributed by atoms with Gasteiger partial charge in [0, 0.05) is 26.7 Å². The van der Waals surface area contributed by atoms with Crippen LogP contribution < -0.4 is 9.47 Å². The average molecular weight is 345 g/mol. The Morgan fingerprint density at radius 1 is 1.32 bits per heavy atom. The Hall–Kier alpha value is -2.26. The number of ether oxygens (including phenoxy) is 2. The van der Waals surface area contributed by atoms with E-state index in [1.54, 1.807) is 11.9 Å². The van der Waals surface area contributed by atoms with E-state index in [2.05, 4.69) is 11.0 Å².